The second-order valence-corrected chi connectivity index (χ2v) is 17.9. The molecule has 9 rings (SSSR count). The number of hydrogen-bond acceptors (Lipinski definition) is 9. The van der Waals surface area contributed by atoms with Crippen LogP contribution in [-0.4, -0.2) is 41.8 Å². The fourth-order valence-electron chi connectivity index (χ4n) is 10.7. The summed E-state index contributed by atoms with van der Waals surface area (Å²) in [7, 11) is 3.70. The standard InChI is InChI=1S/C39H50N2O5S2/c1-3-38(14-4-5-15-38)20-29-28-10-9-27-26-12-16-39(34(27)33(28)36(43)45-29)30-11-8-23(2)21-47-48-22-41-31-19-24(13-17-40-31)25(7-6-18-42)32(26)35(39)37(44)46-30/h11,13,19-20,23,25-27,34,40-42H,3-10,12,14-18,21-22H2,1-2H3/b29-20-,30-11-/t23-,25+,26+,27+,34-,39+/m1/s1. The maximum Gasteiger partial charge on any atom is 0.340 e. The van der Waals surface area contributed by atoms with E-state index in [1.807, 2.05) is 21.6 Å². The Morgan fingerprint density at radius 1 is 1.06 bits per heavy atom. The highest BCUT2D eigenvalue weighted by Crippen LogP contribution is 2.71. The van der Waals surface area contributed by atoms with E-state index in [-0.39, 0.29) is 47.6 Å². The zero-order chi connectivity index (χ0) is 33.0. The van der Waals surface area contributed by atoms with Gasteiger partial charge in [-0.1, -0.05) is 54.4 Å². The van der Waals surface area contributed by atoms with E-state index in [0.717, 1.165) is 110 Å². The SMILES string of the molecule is CCC1(/C=C2\OC(=O)C3=C2CC[C@H]2[C@@H]4CC[C@@]5(C6=C4[C@@H](CCCO)C4=CCNC(=C4)NCSSC[C@H](C)C/C=C/5OC6=O)[C@@H]32)CCCC1. The van der Waals surface area contributed by atoms with Gasteiger partial charge in [0.15, 0.2) is 0 Å². The van der Waals surface area contributed by atoms with Crippen LogP contribution in [0.4, 0.5) is 0 Å². The molecule has 4 aliphatic heterocycles. The summed E-state index contributed by atoms with van der Waals surface area (Å²) in [6.45, 7) is 5.36. The van der Waals surface area contributed by atoms with E-state index in [4.69, 9.17) is 9.47 Å². The molecule has 7 bridgehead atoms. The zero-order valence-electron chi connectivity index (χ0n) is 28.4. The zero-order valence-corrected chi connectivity index (χ0v) is 30.0. The van der Waals surface area contributed by atoms with Crippen molar-refractivity contribution in [1.82, 2.24) is 10.6 Å². The molecule has 0 unspecified atom stereocenters. The van der Waals surface area contributed by atoms with Gasteiger partial charge >= 0.3 is 11.9 Å². The molecule has 258 valence electrons. The monoisotopic (exact) mass is 690 g/mol. The average molecular weight is 691 g/mol. The molecule has 3 fully saturated rings. The molecular weight excluding hydrogens is 641 g/mol. The summed E-state index contributed by atoms with van der Waals surface area (Å²) in [5, 5.41) is 17.1. The Morgan fingerprint density at radius 3 is 2.73 bits per heavy atom. The average Bonchev–Trinajstić information content (AvgIpc) is 3.78. The quantitative estimate of drug-likeness (QED) is 0.199. The Morgan fingerprint density at radius 2 is 1.92 bits per heavy atom. The molecule has 1 saturated heterocycles. The van der Waals surface area contributed by atoms with Crippen LogP contribution in [0, 0.1) is 40.4 Å². The van der Waals surface area contributed by atoms with Crippen LogP contribution in [0.1, 0.15) is 90.9 Å². The highest BCUT2D eigenvalue weighted by Gasteiger charge is 2.68. The summed E-state index contributed by atoms with van der Waals surface area (Å²) in [6, 6.07) is 0. The Labute approximate surface area is 293 Å². The minimum absolute atomic E-state index is 0.00516. The number of esters is 2. The number of rotatable bonds is 5. The fraction of sp³-hybridized carbons (Fsp3) is 0.641. The highest BCUT2D eigenvalue weighted by atomic mass is 33.1. The Kier molecular flexibility index (Phi) is 8.94. The molecule has 0 radical (unpaired) electrons. The summed E-state index contributed by atoms with van der Waals surface area (Å²) < 4.78 is 12.7. The molecule has 2 saturated carbocycles. The van der Waals surface area contributed by atoms with Gasteiger partial charge in [-0.25, -0.2) is 9.59 Å². The summed E-state index contributed by atoms with van der Waals surface area (Å²) >= 11 is 0. The number of nitrogens with one attached hydrogen (secondary N) is 2. The first-order chi connectivity index (χ1) is 23.4. The maximum atomic E-state index is 14.4. The molecule has 4 heterocycles. The van der Waals surface area contributed by atoms with E-state index in [1.54, 1.807) is 0 Å². The first-order valence-electron chi connectivity index (χ1n) is 18.5. The van der Waals surface area contributed by atoms with Gasteiger partial charge < -0.3 is 25.2 Å². The van der Waals surface area contributed by atoms with E-state index in [9.17, 15) is 14.7 Å². The molecule has 48 heavy (non-hydrogen) atoms. The number of carbonyl (C=O) groups excluding carboxylic acids is 2. The summed E-state index contributed by atoms with van der Waals surface area (Å²) in [6.07, 6.45) is 20.7. The van der Waals surface area contributed by atoms with Crippen molar-refractivity contribution in [2.24, 2.45) is 40.4 Å². The van der Waals surface area contributed by atoms with Crippen LogP contribution in [0.3, 0.4) is 0 Å². The first kappa shape index (κ1) is 32.8. The van der Waals surface area contributed by atoms with Crippen molar-refractivity contribution < 1.29 is 24.2 Å². The molecule has 0 aromatic heterocycles. The fourth-order valence-corrected chi connectivity index (χ4v) is 12.9. The molecule has 0 aromatic carbocycles. The Bertz CT molecular complexity index is 1560. The molecule has 7 nitrogen and oxygen atoms in total. The summed E-state index contributed by atoms with van der Waals surface area (Å²) in [5.74, 6) is 4.68. The van der Waals surface area contributed by atoms with E-state index < -0.39 is 5.41 Å². The van der Waals surface area contributed by atoms with Crippen molar-refractivity contribution in [3.63, 3.8) is 0 Å². The number of hydrogen-bond donors (Lipinski definition) is 3. The number of ether oxygens (including phenoxy) is 2. The van der Waals surface area contributed by atoms with Gasteiger partial charge in [-0.2, -0.15) is 0 Å². The van der Waals surface area contributed by atoms with Crippen LogP contribution < -0.4 is 10.6 Å². The molecule has 0 aromatic rings. The minimum Gasteiger partial charge on any atom is -0.427 e. The lowest BCUT2D eigenvalue weighted by molar-refractivity contribution is -0.135. The van der Waals surface area contributed by atoms with Gasteiger partial charge in [0, 0.05) is 41.9 Å². The van der Waals surface area contributed by atoms with E-state index >= 15 is 0 Å². The lowest BCUT2D eigenvalue weighted by atomic mass is 9.43. The molecule has 3 N–H and O–H groups in total. The molecule has 6 atom stereocenters. The van der Waals surface area contributed by atoms with Crippen LogP contribution in [0.2, 0.25) is 0 Å². The van der Waals surface area contributed by atoms with Crippen LogP contribution in [-0.2, 0) is 19.1 Å². The number of carbonyl (C=O) groups is 2. The Hall–Kier alpha value is -2.36. The predicted octanol–water partition coefficient (Wildman–Crippen LogP) is 7.60. The van der Waals surface area contributed by atoms with Crippen molar-refractivity contribution in [1.29, 1.82) is 0 Å². The third kappa shape index (κ3) is 5.28. The first-order valence-corrected chi connectivity index (χ1v) is 21.0. The normalized spacial score (nSPS) is 37.5. The maximum absolute atomic E-state index is 14.4. The van der Waals surface area contributed by atoms with Crippen LogP contribution in [0.25, 0.3) is 0 Å². The van der Waals surface area contributed by atoms with Crippen molar-refractivity contribution in [3.05, 3.63) is 69.5 Å². The van der Waals surface area contributed by atoms with E-state index in [2.05, 4.69) is 48.8 Å². The number of aliphatic hydroxyl groups is 1. The van der Waals surface area contributed by atoms with Gasteiger partial charge in [-0.05, 0) is 117 Å². The smallest absolute Gasteiger partial charge is 0.340 e. The van der Waals surface area contributed by atoms with Gasteiger partial charge in [0.2, 0.25) is 0 Å². The third-order valence-corrected chi connectivity index (χ3v) is 15.4. The van der Waals surface area contributed by atoms with Crippen molar-refractivity contribution in [2.75, 3.05) is 24.8 Å². The van der Waals surface area contributed by atoms with Gasteiger partial charge in [-0.15, -0.1) is 0 Å². The largest absolute Gasteiger partial charge is 0.427 e. The van der Waals surface area contributed by atoms with Crippen molar-refractivity contribution >= 4 is 33.5 Å². The second-order valence-electron chi connectivity index (χ2n) is 15.4. The number of allylic oxidation sites excluding steroid dienone is 7. The van der Waals surface area contributed by atoms with Gasteiger partial charge in [-0.3, -0.25) is 0 Å². The topological polar surface area (TPSA) is 96.9 Å². The number of aliphatic hydroxyl groups excluding tert-OH is 1. The van der Waals surface area contributed by atoms with Gasteiger partial charge in [0.1, 0.15) is 11.5 Å². The number of fused-ring (bicyclic) bond motifs is 2. The lowest BCUT2D eigenvalue weighted by Crippen LogP contribution is -2.53. The second kappa shape index (κ2) is 13.1. The summed E-state index contributed by atoms with van der Waals surface area (Å²) in [4.78, 5) is 28.6. The van der Waals surface area contributed by atoms with E-state index in [0.29, 0.717) is 12.3 Å². The summed E-state index contributed by atoms with van der Waals surface area (Å²) in [5.41, 5.74) is 4.63. The molecule has 0 amide bonds. The third-order valence-electron chi connectivity index (χ3n) is 13.0. The van der Waals surface area contributed by atoms with Crippen molar-refractivity contribution in [2.45, 2.75) is 90.9 Å². The van der Waals surface area contributed by atoms with Crippen LogP contribution in [0.15, 0.2) is 69.5 Å². The van der Waals surface area contributed by atoms with Crippen LogP contribution >= 0.6 is 21.6 Å². The Balaban J connectivity index is 1.32. The molecule has 1 spiro atoms. The molecule has 5 aliphatic carbocycles. The van der Waals surface area contributed by atoms with Crippen molar-refractivity contribution in [3.8, 4) is 0 Å². The van der Waals surface area contributed by atoms with E-state index in [1.165, 1.54) is 24.0 Å². The minimum atomic E-state index is -0.661. The molecule has 9 heteroatoms. The van der Waals surface area contributed by atoms with Crippen LogP contribution in [0.5, 0.6) is 0 Å². The highest BCUT2D eigenvalue weighted by molar-refractivity contribution is 8.76. The predicted molar refractivity (Wildman–Crippen MR) is 191 cm³/mol. The molecule has 9 aliphatic rings. The molecular formula is C39H50N2O5S2. The number of cyclic esters (lactones) is 1. The van der Waals surface area contributed by atoms with Gasteiger partial charge in [0.25, 0.3) is 0 Å². The lowest BCUT2D eigenvalue weighted by Gasteiger charge is -2.57. The van der Waals surface area contributed by atoms with Gasteiger partial charge in [0.05, 0.1) is 22.7 Å². The number of dihydropyridines is 1.